The summed E-state index contributed by atoms with van der Waals surface area (Å²) in [6, 6.07) is 6.83. The molecular formula is C14H21FN2. The van der Waals surface area contributed by atoms with Gasteiger partial charge in [0.05, 0.1) is 0 Å². The van der Waals surface area contributed by atoms with Crippen LogP contribution in [0.1, 0.15) is 18.4 Å². The van der Waals surface area contributed by atoms with Crippen LogP contribution in [-0.2, 0) is 6.42 Å². The molecule has 0 aliphatic carbocycles. The zero-order chi connectivity index (χ0) is 12.1. The van der Waals surface area contributed by atoms with Crippen molar-refractivity contribution in [1.82, 2.24) is 4.90 Å². The SMILES string of the molecule is NCC1CCN(CCc2ccc(F)cc2)CC1. The molecule has 0 atom stereocenters. The van der Waals surface area contributed by atoms with Gasteiger partial charge in [-0.15, -0.1) is 0 Å². The van der Waals surface area contributed by atoms with E-state index in [-0.39, 0.29) is 5.82 Å². The van der Waals surface area contributed by atoms with E-state index in [9.17, 15) is 4.39 Å². The van der Waals surface area contributed by atoms with Gasteiger partial charge >= 0.3 is 0 Å². The predicted octanol–water partition coefficient (Wildman–Crippen LogP) is 2.04. The minimum absolute atomic E-state index is 0.155. The van der Waals surface area contributed by atoms with Gasteiger partial charge in [-0.2, -0.15) is 0 Å². The van der Waals surface area contributed by atoms with E-state index in [1.54, 1.807) is 0 Å². The Labute approximate surface area is 103 Å². The Morgan fingerprint density at radius 3 is 2.41 bits per heavy atom. The number of rotatable bonds is 4. The van der Waals surface area contributed by atoms with Crippen LogP contribution >= 0.6 is 0 Å². The van der Waals surface area contributed by atoms with Gasteiger partial charge in [0.15, 0.2) is 0 Å². The van der Waals surface area contributed by atoms with Crippen molar-refractivity contribution in [3.8, 4) is 0 Å². The van der Waals surface area contributed by atoms with Crippen LogP contribution < -0.4 is 5.73 Å². The van der Waals surface area contributed by atoms with Crippen LogP contribution in [0.25, 0.3) is 0 Å². The maximum atomic E-state index is 12.7. The van der Waals surface area contributed by atoms with E-state index >= 15 is 0 Å². The molecule has 0 spiro atoms. The minimum Gasteiger partial charge on any atom is -0.330 e. The first-order chi connectivity index (χ1) is 8.28. The smallest absolute Gasteiger partial charge is 0.123 e. The van der Waals surface area contributed by atoms with E-state index in [0.29, 0.717) is 0 Å². The zero-order valence-electron chi connectivity index (χ0n) is 10.2. The number of halogens is 1. The van der Waals surface area contributed by atoms with Crippen LogP contribution in [0, 0.1) is 11.7 Å². The lowest BCUT2D eigenvalue weighted by Crippen LogP contribution is -2.37. The molecule has 1 saturated heterocycles. The molecule has 0 bridgehead atoms. The molecule has 1 aliphatic rings. The maximum absolute atomic E-state index is 12.7. The lowest BCUT2D eigenvalue weighted by Gasteiger charge is -2.31. The molecule has 1 heterocycles. The van der Waals surface area contributed by atoms with Crippen LogP contribution in [0.5, 0.6) is 0 Å². The Bertz CT molecular complexity index is 329. The zero-order valence-corrected chi connectivity index (χ0v) is 10.2. The Morgan fingerprint density at radius 1 is 1.18 bits per heavy atom. The van der Waals surface area contributed by atoms with E-state index in [1.165, 1.54) is 30.5 Å². The van der Waals surface area contributed by atoms with Gasteiger partial charge in [-0.05, 0) is 62.5 Å². The summed E-state index contributed by atoms with van der Waals surface area (Å²) >= 11 is 0. The van der Waals surface area contributed by atoms with Crippen LogP contribution in [0.4, 0.5) is 4.39 Å². The van der Waals surface area contributed by atoms with Crippen molar-refractivity contribution < 1.29 is 4.39 Å². The summed E-state index contributed by atoms with van der Waals surface area (Å²) in [5, 5.41) is 0. The van der Waals surface area contributed by atoms with Crippen molar-refractivity contribution in [1.29, 1.82) is 0 Å². The molecule has 0 saturated carbocycles. The van der Waals surface area contributed by atoms with Gasteiger partial charge in [-0.3, -0.25) is 0 Å². The average Bonchev–Trinajstić information content (AvgIpc) is 2.39. The number of nitrogens with zero attached hydrogens (tertiary/aromatic N) is 1. The summed E-state index contributed by atoms with van der Waals surface area (Å²) in [4.78, 5) is 2.48. The Kier molecular flexibility index (Phi) is 4.51. The van der Waals surface area contributed by atoms with Gasteiger partial charge in [-0.25, -0.2) is 4.39 Å². The second-order valence-corrected chi connectivity index (χ2v) is 4.90. The summed E-state index contributed by atoms with van der Waals surface area (Å²) in [6.45, 7) is 4.21. The molecule has 2 N–H and O–H groups in total. The number of piperidine rings is 1. The van der Waals surface area contributed by atoms with Crippen LogP contribution in [0.3, 0.4) is 0 Å². The predicted molar refractivity (Wildman–Crippen MR) is 68.3 cm³/mol. The van der Waals surface area contributed by atoms with Gasteiger partial charge < -0.3 is 10.6 Å². The van der Waals surface area contributed by atoms with E-state index in [2.05, 4.69) is 4.90 Å². The highest BCUT2D eigenvalue weighted by Crippen LogP contribution is 2.16. The van der Waals surface area contributed by atoms with Crippen molar-refractivity contribution in [2.75, 3.05) is 26.2 Å². The fourth-order valence-corrected chi connectivity index (χ4v) is 2.38. The van der Waals surface area contributed by atoms with Crippen molar-refractivity contribution in [3.63, 3.8) is 0 Å². The molecule has 0 aromatic heterocycles. The molecule has 3 heteroatoms. The molecular weight excluding hydrogens is 215 g/mol. The minimum atomic E-state index is -0.155. The standard InChI is InChI=1S/C14H21FN2/c15-14-3-1-12(2-4-14)5-8-17-9-6-13(11-16)7-10-17/h1-4,13H,5-11,16H2. The molecule has 0 radical (unpaired) electrons. The van der Waals surface area contributed by atoms with E-state index in [0.717, 1.165) is 38.5 Å². The maximum Gasteiger partial charge on any atom is 0.123 e. The van der Waals surface area contributed by atoms with Gasteiger partial charge in [0.2, 0.25) is 0 Å². The van der Waals surface area contributed by atoms with Crippen molar-refractivity contribution >= 4 is 0 Å². The number of likely N-dealkylation sites (tertiary alicyclic amines) is 1. The number of hydrogen-bond acceptors (Lipinski definition) is 2. The lowest BCUT2D eigenvalue weighted by molar-refractivity contribution is 0.189. The van der Waals surface area contributed by atoms with Crippen LogP contribution in [-0.4, -0.2) is 31.1 Å². The second-order valence-electron chi connectivity index (χ2n) is 4.90. The largest absolute Gasteiger partial charge is 0.330 e. The third-order valence-electron chi connectivity index (χ3n) is 3.67. The van der Waals surface area contributed by atoms with Gasteiger partial charge in [0, 0.05) is 6.54 Å². The number of nitrogens with two attached hydrogens (primary N) is 1. The fraction of sp³-hybridized carbons (Fsp3) is 0.571. The molecule has 1 aromatic rings. The summed E-state index contributed by atoms with van der Waals surface area (Å²) in [7, 11) is 0. The molecule has 2 rings (SSSR count). The highest BCUT2D eigenvalue weighted by atomic mass is 19.1. The Hall–Kier alpha value is -0.930. The normalized spacial score (nSPS) is 18.5. The van der Waals surface area contributed by atoms with Gasteiger partial charge in [0.1, 0.15) is 5.82 Å². The molecule has 1 aromatic carbocycles. The molecule has 2 nitrogen and oxygen atoms in total. The average molecular weight is 236 g/mol. The molecule has 1 aliphatic heterocycles. The third kappa shape index (κ3) is 3.79. The molecule has 17 heavy (non-hydrogen) atoms. The molecule has 0 amide bonds. The number of benzene rings is 1. The van der Waals surface area contributed by atoms with Crippen LogP contribution in [0.15, 0.2) is 24.3 Å². The topological polar surface area (TPSA) is 29.3 Å². The van der Waals surface area contributed by atoms with Gasteiger partial charge in [-0.1, -0.05) is 12.1 Å². The molecule has 1 fully saturated rings. The monoisotopic (exact) mass is 236 g/mol. The Balaban J connectivity index is 1.74. The molecule has 0 unspecified atom stereocenters. The summed E-state index contributed by atoms with van der Waals surface area (Å²) in [5.41, 5.74) is 6.89. The fourth-order valence-electron chi connectivity index (χ4n) is 2.38. The quantitative estimate of drug-likeness (QED) is 0.867. The summed E-state index contributed by atoms with van der Waals surface area (Å²) in [6.07, 6.45) is 3.45. The second kappa shape index (κ2) is 6.12. The van der Waals surface area contributed by atoms with Crippen molar-refractivity contribution in [2.45, 2.75) is 19.3 Å². The first kappa shape index (κ1) is 12.5. The third-order valence-corrected chi connectivity index (χ3v) is 3.67. The highest BCUT2D eigenvalue weighted by molar-refractivity contribution is 5.16. The number of hydrogen-bond donors (Lipinski definition) is 1. The van der Waals surface area contributed by atoms with Gasteiger partial charge in [0.25, 0.3) is 0 Å². The first-order valence-electron chi connectivity index (χ1n) is 6.45. The summed E-state index contributed by atoms with van der Waals surface area (Å²) < 4.78 is 12.7. The van der Waals surface area contributed by atoms with E-state index < -0.39 is 0 Å². The lowest BCUT2D eigenvalue weighted by atomic mass is 9.97. The highest BCUT2D eigenvalue weighted by Gasteiger charge is 2.17. The van der Waals surface area contributed by atoms with Crippen molar-refractivity contribution in [3.05, 3.63) is 35.6 Å². The first-order valence-corrected chi connectivity index (χ1v) is 6.45. The van der Waals surface area contributed by atoms with E-state index in [1.807, 2.05) is 12.1 Å². The Morgan fingerprint density at radius 2 is 1.82 bits per heavy atom. The summed E-state index contributed by atoms with van der Waals surface area (Å²) in [5.74, 6) is 0.564. The van der Waals surface area contributed by atoms with E-state index in [4.69, 9.17) is 5.73 Å². The van der Waals surface area contributed by atoms with Crippen LogP contribution in [0.2, 0.25) is 0 Å². The van der Waals surface area contributed by atoms with Crippen molar-refractivity contribution in [2.24, 2.45) is 11.7 Å². The molecule has 94 valence electrons.